The molecule has 0 aromatic heterocycles. The third-order valence-electron chi connectivity index (χ3n) is 7.49. The largest absolute Gasteiger partial charge is 0.341 e. The summed E-state index contributed by atoms with van der Waals surface area (Å²) in [7, 11) is 0. The van der Waals surface area contributed by atoms with Crippen LogP contribution < -0.4 is 0 Å². The topological polar surface area (TPSA) is 88.6 Å². The molecule has 1 amide bonds. The Morgan fingerprint density at radius 3 is 2.06 bits per heavy atom. The lowest BCUT2D eigenvalue weighted by atomic mass is 9.76. The van der Waals surface area contributed by atoms with Gasteiger partial charge in [-0.3, -0.25) is 14.4 Å². The van der Waals surface area contributed by atoms with E-state index in [2.05, 4.69) is 0 Å². The number of carbonyl (C=O) groups is 5. The Hall–Kier alpha value is -2.63. The monoisotopic (exact) mass is 423 g/mol. The fourth-order valence-electron chi connectivity index (χ4n) is 5.75. The molecule has 4 rings (SSSR count). The number of amides is 1. The summed E-state index contributed by atoms with van der Waals surface area (Å²) in [6.07, 6.45) is 5.02. The zero-order valence-electron chi connectivity index (χ0n) is 18.2. The highest BCUT2D eigenvalue weighted by Crippen LogP contribution is 2.46. The lowest BCUT2D eigenvalue weighted by Crippen LogP contribution is -2.60. The van der Waals surface area contributed by atoms with Crippen LogP contribution in [0.25, 0.3) is 0 Å². The Labute approximate surface area is 182 Å². The summed E-state index contributed by atoms with van der Waals surface area (Å²) < 4.78 is 0. The van der Waals surface area contributed by atoms with Gasteiger partial charge in [0, 0.05) is 47.9 Å². The molecule has 1 unspecified atom stereocenters. The number of fused-ring (bicyclic) bond motifs is 2. The van der Waals surface area contributed by atoms with Gasteiger partial charge in [-0.15, -0.1) is 0 Å². The molecule has 1 heterocycles. The van der Waals surface area contributed by atoms with Gasteiger partial charge in [-0.2, -0.15) is 0 Å². The van der Waals surface area contributed by atoms with E-state index in [4.69, 9.17) is 0 Å². The van der Waals surface area contributed by atoms with Gasteiger partial charge in [0.1, 0.15) is 12.6 Å². The minimum absolute atomic E-state index is 0.0138. The first-order valence-corrected chi connectivity index (χ1v) is 11.3. The molecule has 1 aromatic rings. The maximum Gasteiger partial charge on any atom is 0.225 e. The molecule has 164 valence electrons. The summed E-state index contributed by atoms with van der Waals surface area (Å²) >= 11 is 0. The van der Waals surface area contributed by atoms with Crippen molar-refractivity contribution in [3.05, 3.63) is 34.4 Å². The molecule has 3 aliphatic rings. The van der Waals surface area contributed by atoms with Crippen LogP contribution in [0.2, 0.25) is 0 Å². The van der Waals surface area contributed by atoms with E-state index in [-0.39, 0.29) is 41.6 Å². The molecule has 1 fully saturated rings. The molecule has 0 radical (unpaired) electrons. The molecule has 6 heteroatoms. The first-order valence-electron chi connectivity index (χ1n) is 11.3. The molecule has 6 nitrogen and oxygen atoms in total. The fourth-order valence-corrected chi connectivity index (χ4v) is 5.75. The molecular weight excluding hydrogens is 394 g/mol. The van der Waals surface area contributed by atoms with Crippen molar-refractivity contribution in [1.29, 1.82) is 0 Å². The zero-order chi connectivity index (χ0) is 22.3. The Morgan fingerprint density at radius 1 is 1.06 bits per heavy atom. The van der Waals surface area contributed by atoms with Gasteiger partial charge in [0.25, 0.3) is 0 Å². The maximum absolute atomic E-state index is 13.0. The molecule has 0 bridgehead atoms. The molecular formula is C25H29NO5. The molecule has 31 heavy (non-hydrogen) atoms. The highest BCUT2D eigenvalue weighted by molar-refractivity contribution is 6.27. The molecule has 1 aromatic carbocycles. The zero-order valence-corrected chi connectivity index (χ0v) is 18.2. The van der Waals surface area contributed by atoms with Gasteiger partial charge >= 0.3 is 0 Å². The number of benzene rings is 1. The maximum atomic E-state index is 13.0. The first kappa shape index (κ1) is 21.6. The first-order chi connectivity index (χ1) is 14.9. The van der Waals surface area contributed by atoms with Gasteiger partial charge < -0.3 is 14.5 Å². The lowest BCUT2D eigenvalue weighted by Gasteiger charge is -2.49. The van der Waals surface area contributed by atoms with Gasteiger partial charge in [0.2, 0.25) is 5.91 Å². The van der Waals surface area contributed by atoms with E-state index >= 15 is 0 Å². The van der Waals surface area contributed by atoms with Crippen LogP contribution in [0.5, 0.6) is 0 Å². The number of nitrogens with zero attached hydrogens (tertiary/aromatic N) is 1. The summed E-state index contributed by atoms with van der Waals surface area (Å²) in [5, 5.41) is 0. The van der Waals surface area contributed by atoms with Gasteiger partial charge in [-0.05, 0) is 55.4 Å². The molecule has 0 saturated carbocycles. The predicted octanol–water partition coefficient (Wildman–Crippen LogP) is 2.84. The third-order valence-corrected chi connectivity index (χ3v) is 7.49. The van der Waals surface area contributed by atoms with Crippen molar-refractivity contribution in [2.24, 2.45) is 23.2 Å². The van der Waals surface area contributed by atoms with E-state index in [1.54, 1.807) is 0 Å². The summed E-state index contributed by atoms with van der Waals surface area (Å²) in [5.74, 6) is -2.03. The number of aldehydes is 2. The summed E-state index contributed by atoms with van der Waals surface area (Å²) in [6.45, 7) is 5.55. The number of ketones is 2. The molecule has 1 aliphatic heterocycles. The van der Waals surface area contributed by atoms with Crippen molar-refractivity contribution < 1.29 is 24.0 Å². The van der Waals surface area contributed by atoms with Gasteiger partial charge in [-0.1, -0.05) is 13.8 Å². The average Bonchev–Trinajstić information content (AvgIpc) is 3.23. The second kappa shape index (κ2) is 8.13. The Morgan fingerprint density at radius 2 is 1.61 bits per heavy atom. The smallest absolute Gasteiger partial charge is 0.225 e. The van der Waals surface area contributed by atoms with Crippen LogP contribution in [-0.4, -0.2) is 48.0 Å². The van der Waals surface area contributed by atoms with Crippen LogP contribution in [0.4, 0.5) is 0 Å². The molecule has 0 N–H and O–H groups in total. The van der Waals surface area contributed by atoms with Crippen LogP contribution in [0.1, 0.15) is 71.4 Å². The van der Waals surface area contributed by atoms with Gasteiger partial charge in [0.05, 0.1) is 5.92 Å². The van der Waals surface area contributed by atoms with Crippen molar-refractivity contribution in [2.45, 2.75) is 52.4 Å². The summed E-state index contributed by atoms with van der Waals surface area (Å²) in [5.41, 5.74) is 2.98. The van der Waals surface area contributed by atoms with Crippen molar-refractivity contribution in [2.75, 3.05) is 13.1 Å². The molecule has 2 aliphatic carbocycles. The second-order valence-electron chi connectivity index (χ2n) is 9.48. The molecule has 1 spiro atoms. The van der Waals surface area contributed by atoms with E-state index in [0.29, 0.717) is 23.7 Å². The lowest BCUT2D eigenvalue weighted by molar-refractivity contribution is -0.147. The third kappa shape index (κ3) is 3.46. The van der Waals surface area contributed by atoms with Crippen LogP contribution in [0, 0.1) is 23.2 Å². The molecule has 1 saturated heterocycles. The van der Waals surface area contributed by atoms with E-state index in [1.807, 2.05) is 30.9 Å². The number of carbonyl (C=O) groups excluding carboxylic acids is 5. The van der Waals surface area contributed by atoms with E-state index < -0.39 is 11.8 Å². The SMILES string of the molecule is CCC(CC)C(=O)N1CC2(Cc3cc4c(cc3C2)C(=O)C(C(C=O)CCC=O)C4=O)C1. The predicted molar refractivity (Wildman–Crippen MR) is 114 cm³/mol. The molecule has 1 atom stereocenters. The average molecular weight is 424 g/mol. The van der Waals surface area contributed by atoms with Gasteiger partial charge in [0.15, 0.2) is 11.6 Å². The quantitative estimate of drug-likeness (QED) is 0.474. The van der Waals surface area contributed by atoms with Crippen molar-refractivity contribution >= 4 is 30.0 Å². The highest BCUT2D eigenvalue weighted by atomic mass is 16.2. The second-order valence-corrected chi connectivity index (χ2v) is 9.48. The van der Waals surface area contributed by atoms with Crippen molar-refractivity contribution in [3.63, 3.8) is 0 Å². The summed E-state index contributed by atoms with van der Waals surface area (Å²) in [6, 6.07) is 3.68. The van der Waals surface area contributed by atoms with Crippen LogP contribution in [-0.2, 0) is 27.2 Å². The Balaban J connectivity index is 1.50. The Bertz CT molecular complexity index is 908. The fraction of sp³-hybridized carbons (Fsp3) is 0.560. The van der Waals surface area contributed by atoms with Crippen molar-refractivity contribution in [1.82, 2.24) is 4.90 Å². The van der Waals surface area contributed by atoms with Crippen molar-refractivity contribution in [3.8, 4) is 0 Å². The van der Waals surface area contributed by atoms with E-state index in [1.165, 1.54) is 0 Å². The number of likely N-dealkylation sites (tertiary alicyclic amines) is 1. The van der Waals surface area contributed by atoms with E-state index in [0.717, 1.165) is 49.9 Å². The standard InChI is InChI=1S/C25H29NO5/c1-3-15(4-2)24(31)26-13-25(14-26)10-17-8-19-20(9-18(17)11-25)23(30)21(22(19)29)16(12-28)6-5-7-27/h7-9,12,15-16,21H,3-6,10-11,13-14H2,1-2H3. The minimum Gasteiger partial charge on any atom is -0.341 e. The number of Topliss-reactive ketones (excluding diaryl/α,β-unsaturated/α-hetero) is 2. The minimum atomic E-state index is -0.999. The van der Waals surface area contributed by atoms with E-state index in [9.17, 15) is 24.0 Å². The Kier molecular flexibility index (Phi) is 5.67. The van der Waals surface area contributed by atoms with Crippen LogP contribution in [0.3, 0.4) is 0 Å². The highest BCUT2D eigenvalue weighted by Gasteiger charge is 2.51. The number of rotatable bonds is 8. The number of hydrogen-bond acceptors (Lipinski definition) is 5. The number of hydrogen-bond donors (Lipinski definition) is 0. The van der Waals surface area contributed by atoms with Crippen LogP contribution >= 0.6 is 0 Å². The van der Waals surface area contributed by atoms with Crippen LogP contribution in [0.15, 0.2) is 12.1 Å². The van der Waals surface area contributed by atoms with Gasteiger partial charge in [-0.25, -0.2) is 0 Å². The normalized spacial score (nSPS) is 20.0. The summed E-state index contributed by atoms with van der Waals surface area (Å²) in [4.78, 5) is 62.7.